The summed E-state index contributed by atoms with van der Waals surface area (Å²) in [5.41, 5.74) is 0.277. The smallest absolute Gasteiger partial charge is 0.416 e. The van der Waals surface area contributed by atoms with Crippen molar-refractivity contribution in [2.24, 2.45) is 0 Å². The molecule has 0 saturated carbocycles. The maximum atomic E-state index is 12.8. The zero-order valence-electron chi connectivity index (χ0n) is 15.1. The summed E-state index contributed by atoms with van der Waals surface area (Å²) in [5, 5.41) is 19.4. The van der Waals surface area contributed by atoms with Crippen LogP contribution in [0.4, 0.5) is 19.0 Å². The Morgan fingerprint density at radius 2 is 2.00 bits per heavy atom. The molecule has 2 heterocycles. The Morgan fingerprint density at radius 1 is 1.24 bits per heavy atom. The molecule has 3 aromatic rings. The SMILES string of the molecule is Cc1cc(NC(=O)Cn2cc(C(=O)O)cn2)nn1Cc1cccc(C(F)(F)F)c1. The second-order valence-corrected chi connectivity index (χ2v) is 6.31. The first-order chi connectivity index (χ1) is 13.6. The molecule has 0 fully saturated rings. The fourth-order valence-electron chi connectivity index (χ4n) is 2.64. The van der Waals surface area contributed by atoms with E-state index in [1.807, 2.05) is 0 Å². The third kappa shape index (κ3) is 5.00. The summed E-state index contributed by atoms with van der Waals surface area (Å²) in [6.07, 6.45) is -2.08. The number of carbonyl (C=O) groups is 2. The van der Waals surface area contributed by atoms with Crippen LogP contribution >= 0.6 is 0 Å². The molecule has 11 heteroatoms. The van der Waals surface area contributed by atoms with E-state index >= 15 is 0 Å². The fraction of sp³-hybridized carbons (Fsp3) is 0.222. The molecule has 29 heavy (non-hydrogen) atoms. The molecule has 2 N–H and O–H groups in total. The largest absolute Gasteiger partial charge is 0.478 e. The highest BCUT2D eigenvalue weighted by Crippen LogP contribution is 2.29. The van der Waals surface area contributed by atoms with Crippen LogP contribution in [0.1, 0.15) is 27.2 Å². The lowest BCUT2D eigenvalue weighted by atomic mass is 10.1. The van der Waals surface area contributed by atoms with Crippen LogP contribution in [0.3, 0.4) is 0 Å². The van der Waals surface area contributed by atoms with Crippen LogP contribution in [-0.4, -0.2) is 36.5 Å². The molecule has 0 unspecified atom stereocenters. The van der Waals surface area contributed by atoms with Gasteiger partial charge in [0.15, 0.2) is 5.82 Å². The number of nitrogens with one attached hydrogen (secondary N) is 1. The Morgan fingerprint density at radius 3 is 2.66 bits per heavy atom. The van der Waals surface area contributed by atoms with E-state index in [9.17, 15) is 22.8 Å². The number of hydrogen-bond donors (Lipinski definition) is 2. The predicted molar refractivity (Wildman–Crippen MR) is 95.3 cm³/mol. The molecule has 0 saturated heterocycles. The molecule has 152 valence electrons. The van der Waals surface area contributed by atoms with Crippen molar-refractivity contribution in [3.63, 3.8) is 0 Å². The lowest BCUT2D eigenvalue weighted by Gasteiger charge is -2.09. The maximum Gasteiger partial charge on any atom is 0.416 e. The summed E-state index contributed by atoms with van der Waals surface area (Å²) in [4.78, 5) is 22.9. The molecule has 0 aliphatic heterocycles. The van der Waals surface area contributed by atoms with Gasteiger partial charge in [0.05, 0.1) is 23.9 Å². The minimum absolute atomic E-state index is 0.0426. The Kier molecular flexibility index (Phi) is 5.39. The summed E-state index contributed by atoms with van der Waals surface area (Å²) in [7, 11) is 0. The summed E-state index contributed by atoms with van der Waals surface area (Å²) in [5.74, 6) is -1.40. The van der Waals surface area contributed by atoms with Gasteiger partial charge < -0.3 is 10.4 Å². The second-order valence-electron chi connectivity index (χ2n) is 6.31. The number of amides is 1. The van der Waals surface area contributed by atoms with Gasteiger partial charge in [-0.25, -0.2) is 4.79 Å². The van der Waals surface area contributed by atoms with Gasteiger partial charge in [-0.3, -0.25) is 14.2 Å². The Balaban J connectivity index is 1.67. The molecule has 1 amide bonds. The number of aromatic carboxylic acids is 1. The van der Waals surface area contributed by atoms with Crippen molar-refractivity contribution in [1.29, 1.82) is 0 Å². The van der Waals surface area contributed by atoms with Gasteiger partial charge in [-0.2, -0.15) is 23.4 Å². The normalized spacial score (nSPS) is 11.4. The van der Waals surface area contributed by atoms with E-state index in [2.05, 4.69) is 15.5 Å². The average Bonchev–Trinajstić information content (AvgIpc) is 3.21. The number of halogens is 3. The van der Waals surface area contributed by atoms with E-state index in [4.69, 9.17) is 5.11 Å². The lowest BCUT2D eigenvalue weighted by Crippen LogP contribution is -2.19. The Hall–Kier alpha value is -3.63. The van der Waals surface area contributed by atoms with Gasteiger partial charge in [0, 0.05) is 18.0 Å². The summed E-state index contributed by atoms with van der Waals surface area (Å²) < 4.78 is 41.2. The molecule has 0 atom stereocenters. The number of anilines is 1. The molecular formula is C18H16F3N5O3. The summed E-state index contributed by atoms with van der Waals surface area (Å²) in [6, 6.07) is 6.52. The molecule has 0 bridgehead atoms. The van der Waals surface area contributed by atoms with Crippen molar-refractivity contribution >= 4 is 17.7 Å². The van der Waals surface area contributed by atoms with E-state index < -0.39 is 23.6 Å². The molecule has 0 aliphatic rings. The molecule has 1 aromatic carbocycles. The van der Waals surface area contributed by atoms with Crippen molar-refractivity contribution in [1.82, 2.24) is 19.6 Å². The van der Waals surface area contributed by atoms with Gasteiger partial charge in [0.2, 0.25) is 5.91 Å². The number of benzene rings is 1. The maximum absolute atomic E-state index is 12.8. The number of carbonyl (C=O) groups excluding carboxylic acids is 1. The van der Waals surface area contributed by atoms with Gasteiger partial charge in [0.25, 0.3) is 0 Å². The van der Waals surface area contributed by atoms with Gasteiger partial charge in [-0.05, 0) is 24.6 Å². The van der Waals surface area contributed by atoms with Crippen molar-refractivity contribution in [2.75, 3.05) is 5.32 Å². The van der Waals surface area contributed by atoms with E-state index in [1.165, 1.54) is 21.6 Å². The van der Waals surface area contributed by atoms with Gasteiger partial charge in [-0.15, -0.1) is 0 Å². The van der Waals surface area contributed by atoms with Gasteiger partial charge >= 0.3 is 12.1 Å². The van der Waals surface area contributed by atoms with Crippen molar-refractivity contribution in [3.8, 4) is 0 Å². The highest BCUT2D eigenvalue weighted by molar-refractivity contribution is 5.90. The molecule has 2 aromatic heterocycles. The number of nitrogens with zero attached hydrogens (tertiary/aromatic N) is 4. The first kappa shape index (κ1) is 20.1. The predicted octanol–water partition coefficient (Wildman–Crippen LogP) is 2.79. The number of hydrogen-bond acceptors (Lipinski definition) is 4. The van der Waals surface area contributed by atoms with Crippen LogP contribution in [0.5, 0.6) is 0 Å². The Bertz CT molecular complexity index is 1060. The third-order valence-electron chi connectivity index (χ3n) is 4.02. The van der Waals surface area contributed by atoms with E-state index in [1.54, 1.807) is 19.1 Å². The zero-order chi connectivity index (χ0) is 21.2. The minimum atomic E-state index is -4.43. The summed E-state index contributed by atoms with van der Waals surface area (Å²) in [6.45, 7) is 1.60. The van der Waals surface area contributed by atoms with Crippen molar-refractivity contribution in [3.05, 3.63) is 65.1 Å². The zero-order valence-corrected chi connectivity index (χ0v) is 15.1. The fourth-order valence-corrected chi connectivity index (χ4v) is 2.64. The van der Waals surface area contributed by atoms with Crippen LogP contribution in [0, 0.1) is 6.92 Å². The molecule has 0 spiro atoms. The molecule has 0 radical (unpaired) electrons. The van der Waals surface area contributed by atoms with Crippen LogP contribution in [0.25, 0.3) is 0 Å². The second kappa shape index (κ2) is 7.78. The molecule has 0 aliphatic carbocycles. The van der Waals surface area contributed by atoms with Crippen molar-refractivity contribution < 1.29 is 27.9 Å². The minimum Gasteiger partial charge on any atom is -0.478 e. The van der Waals surface area contributed by atoms with Crippen LogP contribution in [-0.2, 0) is 24.1 Å². The van der Waals surface area contributed by atoms with Crippen LogP contribution < -0.4 is 5.32 Å². The number of rotatable bonds is 6. The topological polar surface area (TPSA) is 102 Å². The molecule has 8 nitrogen and oxygen atoms in total. The first-order valence-electron chi connectivity index (χ1n) is 8.38. The number of carboxylic acid groups (broad SMARTS) is 1. The highest BCUT2D eigenvalue weighted by atomic mass is 19.4. The van der Waals surface area contributed by atoms with E-state index in [0.29, 0.717) is 11.3 Å². The number of aromatic nitrogens is 4. The van der Waals surface area contributed by atoms with E-state index in [-0.39, 0.29) is 24.5 Å². The number of carboxylic acids is 1. The quantitative estimate of drug-likeness (QED) is 0.654. The monoisotopic (exact) mass is 407 g/mol. The van der Waals surface area contributed by atoms with Gasteiger partial charge in [0.1, 0.15) is 6.54 Å². The van der Waals surface area contributed by atoms with Crippen molar-refractivity contribution in [2.45, 2.75) is 26.2 Å². The number of aryl methyl sites for hydroxylation is 1. The van der Waals surface area contributed by atoms with Crippen LogP contribution in [0.15, 0.2) is 42.7 Å². The third-order valence-corrected chi connectivity index (χ3v) is 4.02. The standard InChI is InChI=1S/C18H16F3N5O3/c1-11-5-15(23-16(27)10-25-9-13(7-22-25)17(28)29)24-26(11)8-12-3-2-4-14(6-12)18(19,20)21/h2-7,9H,8,10H2,1H3,(H,28,29)(H,23,24,27). The van der Waals surface area contributed by atoms with Gasteiger partial charge in [-0.1, -0.05) is 12.1 Å². The van der Waals surface area contributed by atoms with Crippen LogP contribution in [0.2, 0.25) is 0 Å². The Labute approximate surface area is 162 Å². The van der Waals surface area contributed by atoms with E-state index in [0.717, 1.165) is 18.3 Å². The highest BCUT2D eigenvalue weighted by Gasteiger charge is 2.30. The molecular weight excluding hydrogens is 391 g/mol. The first-order valence-corrected chi connectivity index (χ1v) is 8.38. The summed E-state index contributed by atoms with van der Waals surface area (Å²) >= 11 is 0. The molecule has 3 rings (SSSR count). The average molecular weight is 407 g/mol. The lowest BCUT2D eigenvalue weighted by molar-refractivity contribution is -0.137. The number of alkyl halides is 3.